The van der Waals surface area contributed by atoms with Gasteiger partial charge in [-0.1, -0.05) is 41.9 Å². The molecule has 1 unspecified atom stereocenters. The minimum atomic E-state index is -1.38. The van der Waals surface area contributed by atoms with Crippen LogP contribution in [0.5, 0.6) is 0 Å². The second-order valence-corrected chi connectivity index (χ2v) is 7.59. The molecular weight excluding hydrogens is 382 g/mol. The normalized spacial score (nSPS) is 23.0. The molecule has 0 spiro atoms. The minimum Gasteiger partial charge on any atom is -0.379 e. The first kappa shape index (κ1) is 18.7. The molecule has 2 aliphatic rings. The number of ether oxygens (including phenoxy) is 1. The third-order valence-electron chi connectivity index (χ3n) is 5.15. The molecule has 2 aromatic rings. The summed E-state index contributed by atoms with van der Waals surface area (Å²) in [6.07, 6.45) is 0. The summed E-state index contributed by atoms with van der Waals surface area (Å²) in [6, 6.07) is 15.1. The Morgan fingerprint density at radius 2 is 1.85 bits per heavy atom. The summed E-state index contributed by atoms with van der Waals surface area (Å²) >= 11 is 11.9. The van der Waals surface area contributed by atoms with E-state index >= 15 is 0 Å². The van der Waals surface area contributed by atoms with Gasteiger partial charge in [-0.2, -0.15) is 0 Å². The van der Waals surface area contributed by atoms with Gasteiger partial charge in [-0.25, -0.2) is 0 Å². The lowest BCUT2D eigenvalue weighted by Gasteiger charge is -2.47. The number of nitrogens with one attached hydrogen (secondary N) is 1. The monoisotopic (exact) mass is 403 g/mol. The van der Waals surface area contributed by atoms with Gasteiger partial charge in [0.2, 0.25) is 0 Å². The number of aliphatic hydroxyl groups is 1. The van der Waals surface area contributed by atoms with Crippen LogP contribution >= 0.6 is 23.8 Å². The van der Waals surface area contributed by atoms with E-state index in [0.717, 1.165) is 44.1 Å². The molecule has 0 saturated carbocycles. The standard InChI is InChI=1S/C20H22ClN3O2S/c21-16-6-7-18-17(14-16)20(25,15-4-2-1-3-5-15)24(19(27)22-18)9-8-23-10-12-26-13-11-23/h1-7,14,25H,8-13H2,(H,22,27). The third kappa shape index (κ3) is 3.56. The quantitative estimate of drug-likeness (QED) is 0.765. The molecule has 2 aromatic carbocycles. The topological polar surface area (TPSA) is 48.0 Å². The first-order valence-corrected chi connectivity index (χ1v) is 9.84. The number of thiocarbonyl (C=S) groups is 1. The van der Waals surface area contributed by atoms with Gasteiger partial charge in [0.05, 0.1) is 13.2 Å². The molecule has 1 saturated heterocycles. The highest BCUT2D eigenvalue weighted by Crippen LogP contribution is 2.42. The molecule has 4 rings (SSSR count). The van der Waals surface area contributed by atoms with E-state index in [-0.39, 0.29) is 0 Å². The van der Waals surface area contributed by atoms with Crippen LogP contribution in [0, 0.1) is 0 Å². The van der Waals surface area contributed by atoms with Gasteiger partial charge in [0.1, 0.15) is 0 Å². The third-order valence-corrected chi connectivity index (χ3v) is 5.71. The summed E-state index contributed by atoms with van der Waals surface area (Å²) in [6.45, 7) is 4.63. The fourth-order valence-corrected chi connectivity index (χ4v) is 4.21. The smallest absolute Gasteiger partial charge is 0.195 e. The molecule has 0 aromatic heterocycles. The van der Waals surface area contributed by atoms with Crippen molar-refractivity contribution in [2.45, 2.75) is 5.72 Å². The van der Waals surface area contributed by atoms with Gasteiger partial charge in [-0.05, 0) is 30.4 Å². The maximum absolute atomic E-state index is 12.0. The zero-order chi connectivity index (χ0) is 18.9. The van der Waals surface area contributed by atoms with Crippen molar-refractivity contribution in [3.8, 4) is 0 Å². The molecule has 0 bridgehead atoms. The predicted molar refractivity (Wildman–Crippen MR) is 111 cm³/mol. The van der Waals surface area contributed by atoms with Crippen LogP contribution in [-0.4, -0.2) is 59.4 Å². The molecule has 27 heavy (non-hydrogen) atoms. The molecule has 7 heteroatoms. The number of hydrogen-bond acceptors (Lipinski definition) is 4. The highest BCUT2D eigenvalue weighted by Gasteiger charge is 2.44. The molecule has 0 amide bonds. The molecule has 1 fully saturated rings. The molecule has 5 nitrogen and oxygen atoms in total. The Bertz CT molecular complexity index is 829. The van der Waals surface area contributed by atoms with Crippen LogP contribution in [0.2, 0.25) is 5.02 Å². The first-order chi connectivity index (χ1) is 13.1. The average Bonchev–Trinajstić information content (AvgIpc) is 2.70. The van der Waals surface area contributed by atoms with Crippen LogP contribution in [-0.2, 0) is 10.5 Å². The Morgan fingerprint density at radius 3 is 2.59 bits per heavy atom. The highest BCUT2D eigenvalue weighted by molar-refractivity contribution is 7.80. The number of morpholine rings is 1. The van der Waals surface area contributed by atoms with Gasteiger partial charge >= 0.3 is 0 Å². The lowest BCUT2D eigenvalue weighted by atomic mass is 9.90. The number of hydrogen-bond donors (Lipinski definition) is 2. The zero-order valence-electron chi connectivity index (χ0n) is 14.9. The van der Waals surface area contributed by atoms with E-state index in [2.05, 4.69) is 10.2 Å². The van der Waals surface area contributed by atoms with Crippen molar-refractivity contribution in [3.63, 3.8) is 0 Å². The summed E-state index contributed by atoms with van der Waals surface area (Å²) in [5.41, 5.74) is 0.866. The maximum Gasteiger partial charge on any atom is 0.195 e. The van der Waals surface area contributed by atoms with Gasteiger partial charge in [-0.3, -0.25) is 4.90 Å². The lowest BCUT2D eigenvalue weighted by molar-refractivity contribution is -0.0455. The molecule has 0 radical (unpaired) electrons. The fourth-order valence-electron chi connectivity index (χ4n) is 3.70. The maximum atomic E-state index is 12.0. The van der Waals surface area contributed by atoms with E-state index in [9.17, 15) is 5.11 Å². The van der Waals surface area contributed by atoms with E-state index < -0.39 is 5.72 Å². The Hall–Kier alpha value is -1.70. The Kier molecular flexibility index (Phi) is 5.34. The van der Waals surface area contributed by atoms with Crippen molar-refractivity contribution in [2.75, 3.05) is 44.7 Å². The van der Waals surface area contributed by atoms with Gasteiger partial charge in [0, 0.05) is 48.0 Å². The van der Waals surface area contributed by atoms with Crippen LogP contribution in [0.4, 0.5) is 5.69 Å². The van der Waals surface area contributed by atoms with Gasteiger partial charge in [0.15, 0.2) is 10.8 Å². The highest BCUT2D eigenvalue weighted by atomic mass is 35.5. The number of fused-ring (bicyclic) bond motifs is 1. The molecule has 1 atom stereocenters. The minimum absolute atomic E-state index is 0.504. The molecule has 2 aliphatic heterocycles. The molecular formula is C20H22ClN3O2S. The van der Waals surface area contributed by atoms with Crippen molar-refractivity contribution in [3.05, 3.63) is 64.7 Å². The van der Waals surface area contributed by atoms with E-state index in [1.165, 1.54) is 0 Å². The summed E-state index contributed by atoms with van der Waals surface area (Å²) in [5, 5.41) is 16.3. The van der Waals surface area contributed by atoms with Gasteiger partial charge in [0.25, 0.3) is 0 Å². The molecule has 142 valence electrons. The second kappa shape index (κ2) is 7.73. The Labute approximate surface area is 169 Å². The van der Waals surface area contributed by atoms with Crippen LogP contribution in [0.25, 0.3) is 0 Å². The summed E-state index contributed by atoms with van der Waals surface area (Å²) in [7, 11) is 0. The van der Waals surface area contributed by atoms with Crippen LogP contribution in [0.3, 0.4) is 0 Å². The Morgan fingerprint density at radius 1 is 1.11 bits per heavy atom. The van der Waals surface area contributed by atoms with Crippen molar-refractivity contribution in [1.29, 1.82) is 0 Å². The average molecular weight is 404 g/mol. The van der Waals surface area contributed by atoms with E-state index in [1.807, 2.05) is 41.3 Å². The summed E-state index contributed by atoms with van der Waals surface area (Å²) < 4.78 is 5.43. The fraction of sp³-hybridized carbons (Fsp3) is 0.350. The predicted octanol–water partition coefficient (Wildman–Crippen LogP) is 2.88. The van der Waals surface area contributed by atoms with Gasteiger partial charge < -0.3 is 20.1 Å². The van der Waals surface area contributed by atoms with Gasteiger partial charge in [-0.15, -0.1) is 0 Å². The second-order valence-electron chi connectivity index (χ2n) is 6.76. The number of rotatable bonds is 4. The van der Waals surface area contributed by atoms with Crippen molar-refractivity contribution in [2.24, 2.45) is 0 Å². The largest absolute Gasteiger partial charge is 0.379 e. The number of anilines is 1. The summed E-state index contributed by atoms with van der Waals surface area (Å²) in [4.78, 5) is 4.18. The van der Waals surface area contributed by atoms with Crippen molar-refractivity contribution >= 4 is 34.6 Å². The van der Waals surface area contributed by atoms with E-state index in [1.54, 1.807) is 12.1 Å². The SMILES string of the molecule is OC1(c2ccccc2)c2cc(Cl)ccc2NC(=S)N1CCN1CCOCC1. The first-order valence-electron chi connectivity index (χ1n) is 9.05. The summed E-state index contributed by atoms with van der Waals surface area (Å²) in [5.74, 6) is 0. The van der Waals surface area contributed by atoms with Crippen LogP contribution in [0.1, 0.15) is 11.1 Å². The lowest BCUT2D eigenvalue weighted by Crippen LogP contribution is -2.57. The van der Waals surface area contributed by atoms with E-state index in [0.29, 0.717) is 22.2 Å². The number of benzene rings is 2. The van der Waals surface area contributed by atoms with E-state index in [4.69, 9.17) is 28.6 Å². The van der Waals surface area contributed by atoms with Crippen LogP contribution in [0.15, 0.2) is 48.5 Å². The molecule has 2 heterocycles. The Balaban J connectivity index is 1.72. The zero-order valence-corrected chi connectivity index (χ0v) is 16.5. The van der Waals surface area contributed by atoms with Crippen molar-refractivity contribution in [1.82, 2.24) is 9.80 Å². The molecule has 0 aliphatic carbocycles. The van der Waals surface area contributed by atoms with Crippen molar-refractivity contribution < 1.29 is 9.84 Å². The van der Waals surface area contributed by atoms with Crippen LogP contribution < -0.4 is 5.32 Å². The molecule has 2 N–H and O–H groups in total. The number of halogens is 1. The number of nitrogens with zero attached hydrogens (tertiary/aromatic N) is 2.